The quantitative estimate of drug-likeness (QED) is 0.759. The Morgan fingerprint density at radius 3 is 3.00 bits per heavy atom. The zero-order valence-electron chi connectivity index (χ0n) is 10.9. The van der Waals surface area contributed by atoms with E-state index in [2.05, 4.69) is 15.3 Å². The molecule has 0 bridgehead atoms. The first kappa shape index (κ1) is 12.4. The molecule has 102 valence electrons. The molecule has 20 heavy (non-hydrogen) atoms. The summed E-state index contributed by atoms with van der Waals surface area (Å²) in [7, 11) is 1.79. The van der Waals surface area contributed by atoms with Gasteiger partial charge in [-0.3, -0.25) is 4.40 Å². The summed E-state index contributed by atoms with van der Waals surface area (Å²) in [5.41, 5.74) is 1.32. The third-order valence-electron chi connectivity index (χ3n) is 2.95. The van der Waals surface area contributed by atoms with Crippen LogP contribution < -0.4 is 10.1 Å². The van der Waals surface area contributed by atoms with Crippen LogP contribution in [0.3, 0.4) is 0 Å². The van der Waals surface area contributed by atoms with Gasteiger partial charge in [0.1, 0.15) is 11.6 Å². The minimum atomic E-state index is -0.0907. The lowest BCUT2D eigenvalue weighted by molar-refractivity contribution is 0.276. The van der Waals surface area contributed by atoms with Crippen molar-refractivity contribution in [2.45, 2.75) is 6.61 Å². The zero-order chi connectivity index (χ0) is 13.9. The largest absolute Gasteiger partial charge is 0.435 e. The van der Waals surface area contributed by atoms with E-state index in [1.54, 1.807) is 25.4 Å². The molecule has 0 aliphatic rings. The van der Waals surface area contributed by atoms with Crippen molar-refractivity contribution in [3.8, 4) is 11.6 Å². The molecule has 3 aromatic rings. The zero-order valence-corrected chi connectivity index (χ0v) is 10.9. The molecule has 0 fully saturated rings. The van der Waals surface area contributed by atoms with Crippen molar-refractivity contribution < 1.29 is 9.84 Å². The van der Waals surface area contributed by atoms with E-state index in [9.17, 15) is 5.11 Å². The van der Waals surface area contributed by atoms with Gasteiger partial charge in [-0.05, 0) is 6.07 Å². The van der Waals surface area contributed by atoms with E-state index in [-0.39, 0.29) is 6.61 Å². The summed E-state index contributed by atoms with van der Waals surface area (Å²) in [6.07, 6.45) is 5.33. The van der Waals surface area contributed by atoms with Gasteiger partial charge < -0.3 is 15.2 Å². The summed E-state index contributed by atoms with van der Waals surface area (Å²) in [5, 5.41) is 12.3. The van der Waals surface area contributed by atoms with Crippen molar-refractivity contribution in [3.05, 3.63) is 48.4 Å². The predicted molar refractivity (Wildman–Crippen MR) is 75.0 cm³/mol. The molecule has 0 aliphatic heterocycles. The Morgan fingerprint density at radius 2 is 2.20 bits per heavy atom. The molecule has 0 atom stereocenters. The Bertz CT molecular complexity index is 739. The first-order chi connectivity index (χ1) is 9.81. The van der Waals surface area contributed by atoms with Gasteiger partial charge in [-0.2, -0.15) is 4.98 Å². The maximum atomic E-state index is 9.34. The first-order valence-electron chi connectivity index (χ1n) is 6.20. The molecule has 0 radical (unpaired) electrons. The van der Waals surface area contributed by atoms with Crippen LogP contribution in [0.15, 0.2) is 42.9 Å². The van der Waals surface area contributed by atoms with E-state index in [1.807, 2.05) is 28.9 Å². The highest BCUT2D eigenvalue weighted by atomic mass is 16.5. The lowest BCUT2D eigenvalue weighted by Crippen LogP contribution is -2.00. The molecule has 0 amide bonds. The third-order valence-corrected chi connectivity index (χ3v) is 2.95. The summed E-state index contributed by atoms with van der Waals surface area (Å²) in [5.74, 6) is 1.63. The molecular weight excluding hydrogens is 256 g/mol. The first-order valence-corrected chi connectivity index (χ1v) is 6.20. The smallest absolute Gasteiger partial charge is 0.265 e. The van der Waals surface area contributed by atoms with Crippen LogP contribution in [-0.2, 0) is 6.61 Å². The lowest BCUT2D eigenvalue weighted by Gasteiger charge is -2.10. The molecule has 0 aliphatic carbocycles. The van der Waals surface area contributed by atoms with E-state index in [0.29, 0.717) is 28.7 Å². The van der Waals surface area contributed by atoms with Gasteiger partial charge in [-0.1, -0.05) is 18.2 Å². The average molecular weight is 270 g/mol. The van der Waals surface area contributed by atoms with Crippen LogP contribution in [0.4, 0.5) is 5.82 Å². The molecule has 6 nitrogen and oxygen atoms in total. The standard InChI is InChI=1S/C14H14N4O2/c1-15-12-8-18-7-6-16-13(18)14(17-12)20-11-5-3-2-4-10(11)9-19/h2-8,15,19H,9H2,1H3. The number of hydrogen-bond donors (Lipinski definition) is 2. The molecular formula is C14H14N4O2. The fraction of sp³-hybridized carbons (Fsp3) is 0.143. The molecule has 6 heteroatoms. The molecule has 0 unspecified atom stereocenters. The highest BCUT2D eigenvalue weighted by Crippen LogP contribution is 2.27. The van der Waals surface area contributed by atoms with Gasteiger partial charge in [-0.25, -0.2) is 4.98 Å². The van der Waals surface area contributed by atoms with E-state index >= 15 is 0 Å². The molecule has 2 aromatic heterocycles. The van der Waals surface area contributed by atoms with Crippen LogP contribution in [0.2, 0.25) is 0 Å². The van der Waals surface area contributed by atoms with Gasteiger partial charge in [0, 0.05) is 25.0 Å². The van der Waals surface area contributed by atoms with Gasteiger partial charge >= 0.3 is 0 Å². The number of nitrogens with one attached hydrogen (secondary N) is 1. The van der Waals surface area contributed by atoms with E-state index in [1.165, 1.54) is 0 Å². The number of benzene rings is 1. The SMILES string of the molecule is CNc1cn2ccnc2c(Oc2ccccc2CO)n1. The van der Waals surface area contributed by atoms with Crippen LogP contribution in [0.1, 0.15) is 5.56 Å². The number of nitrogens with zero attached hydrogens (tertiary/aromatic N) is 3. The van der Waals surface area contributed by atoms with Crippen molar-refractivity contribution in [2.75, 3.05) is 12.4 Å². The predicted octanol–water partition coefficient (Wildman–Crippen LogP) is 2.06. The van der Waals surface area contributed by atoms with Crippen molar-refractivity contribution in [2.24, 2.45) is 0 Å². The number of aromatic nitrogens is 3. The number of rotatable bonds is 4. The van der Waals surface area contributed by atoms with Gasteiger partial charge in [0.05, 0.1) is 12.8 Å². The van der Waals surface area contributed by atoms with Gasteiger partial charge in [0.25, 0.3) is 5.88 Å². The molecule has 2 N–H and O–H groups in total. The summed E-state index contributed by atoms with van der Waals surface area (Å²) >= 11 is 0. The molecule has 3 rings (SSSR count). The van der Waals surface area contributed by atoms with Gasteiger partial charge in [0.2, 0.25) is 5.65 Å². The summed E-state index contributed by atoms with van der Waals surface area (Å²) in [6.45, 7) is -0.0907. The van der Waals surface area contributed by atoms with Gasteiger partial charge in [-0.15, -0.1) is 0 Å². The second-order valence-corrected chi connectivity index (χ2v) is 4.21. The Kier molecular flexibility index (Phi) is 3.22. The Morgan fingerprint density at radius 1 is 1.35 bits per heavy atom. The molecule has 0 saturated carbocycles. The lowest BCUT2D eigenvalue weighted by atomic mass is 10.2. The molecule has 0 spiro atoms. The van der Waals surface area contributed by atoms with Crippen LogP contribution in [0.25, 0.3) is 5.65 Å². The Hall–Kier alpha value is -2.60. The minimum Gasteiger partial charge on any atom is -0.435 e. The highest BCUT2D eigenvalue weighted by Gasteiger charge is 2.11. The second kappa shape index (κ2) is 5.18. The monoisotopic (exact) mass is 270 g/mol. The maximum Gasteiger partial charge on any atom is 0.265 e. The van der Waals surface area contributed by atoms with Gasteiger partial charge in [0.15, 0.2) is 0 Å². The van der Waals surface area contributed by atoms with Crippen molar-refractivity contribution >= 4 is 11.5 Å². The Balaban J connectivity index is 2.07. The minimum absolute atomic E-state index is 0.0907. The highest BCUT2D eigenvalue weighted by molar-refractivity contribution is 5.55. The number of para-hydroxylation sites is 1. The van der Waals surface area contributed by atoms with Crippen LogP contribution in [0.5, 0.6) is 11.6 Å². The third kappa shape index (κ3) is 2.17. The van der Waals surface area contributed by atoms with Crippen LogP contribution in [0, 0.1) is 0 Å². The maximum absolute atomic E-state index is 9.34. The number of aliphatic hydroxyl groups excluding tert-OH is 1. The van der Waals surface area contributed by atoms with E-state index < -0.39 is 0 Å². The van der Waals surface area contributed by atoms with E-state index in [0.717, 1.165) is 0 Å². The van der Waals surface area contributed by atoms with Crippen LogP contribution >= 0.6 is 0 Å². The molecule has 1 aromatic carbocycles. The van der Waals surface area contributed by atoms with Crippen molar-refractivity contribution in [3.63, 3.8) is 0 Å². The molecule has 2 heterocycles. The van der Waals surface area contributed by atoms with Crippen molar-refractivity contribution in [1.82, 2.24) is 14.4 Å². The van der Waals surface area contributed by atoms with Crippen molar-refractivity contribution in [1.29, 1.82) is 0 Å². The summed E-state index contributed by atoms with van der Waals surface area (Å²) in [4.78, 5) is 8.59. The molecule has 0 saturated heterocycles. The van der Waals surface area contributed by atoms with Crippen LogP contribution in [-0.4, -0.2) is 26.5 Å². The summed E-state index contributed by atoms with van der Waals surface area (Å²) in [6, 6.07) is 7.29. The second-order valence-electron chi connectivity index (χ2n) is 4.21. The number of ether oxygens (including phenoxy) is 1. The summed E-state index contributed by atoms with van der Waals surface area (Å²) < 4.78 is 7.65. The number of hydrogen-bond acceptors (Lipinski definition) is 5. The van der Waals surface area contributed by atoms with E-state index in [4.69, 9.17) is 4.74 Å². The topological polar surface area (TPSA) is 71.7 Å². The number of aliphatic hydroxyl groups is 1. The fourth-order valence-corrected chi connectivity index (χ4v) is 1.93. The number of fused-ring (bicyclic) bond motifs is 1. The normalized spacial score (nSPS) is 10.7. The number of imidazole rings is 1. The average Bonchev–Trinajstić information content (AvgIpc) is 2.96. The fourth-order valence-electron chi connectivity index (χ4n) is 1.93. The Labute approximate surface area is 115 Å². The number of anilines is 1.